The Labute approximate surface area is 105 Å². The summed E-state index contributed by atoms with van der Waals surface area (Å²) in [5.74, 6) is -0.374. The quantitative estimate of drug-likeness (QED) is 0.756. The lowest BCUT2D eigenvalue weighted by molar-refractivity contribution is 0.100. The van der Waals surface area contributed by atoms with Gasteiger partial charge in [0.2, 0.25) is 5.91 Å². The number of carbonyl (C=O) groups excluding carboxylic acids is 1. The number of nitrogens with two attached hydrogens (primary N) is 1. The van der Waals surface area contributed by atoms with Crippen molar-refractivity contribution in [1.29, 1.82) is 0 Å². The topological polar surface area (TPSA) is 75.4 Å². The van der Waals surface area contributed by atoms with E-state index in [0.29, 0.717) is 11.6 Å². The summed E-state index contributed by atoms with van der Waals surface area (Å²) in [6.07, 6.45) is 3.78. The maximum Gasteiger partial charge on any atom is 0.249 e. The molecule has 2 rings (SSSR count). The van der Waals surface area contributed by atoms with Crippen LogP contribution in [0, 0.1) is 0 Å². The molecule has 1 aromatic heterocycles. The number of aliphatic hydroxyl groups is 1. The fraction of sp³-hybridized carbons (Fsp3) is 0.583. The molecule has 1 heterocycles. The molecule has 4 N–H and O–H groups in total. The molecule has 5 heteroatoms. The van der Waals surface area contributed by atoms with Crippen LogP contribution in [-0.2, 0) is 6.54 Å². The van der Waals surface area contributed by atoms with Crippen LogP contribution in [0.4, 0.5) is 0 Å². The zero-order valence-corrected chi connectivity index (χ0v) is 10.5. The first-order valence-electron chi connectivity index (χ1n) is 5.94. The van der Waals surface area contributed by atoms with Crippen molar-refractivity contribution in [2.24, 2.45) is 5.73 Å². The van der Waals surface area contributed by atoms with Gasteiger partial charge in [-0.1, -0.05) is 0 Å². The van der Waals surface area contributed by atoms with E-state index in [1.165, 1.54) is 0 Å². The number of nitrogens with one attached hydrogen (secondary N) is 1. The number of thiophene rings is 1. The van der Waals surface area contributed by atoms with Crippen LogP contribution in [0.3, 0.4) is 0 Å². The monoisotopic (exact) mass is 254 g/mol. The molecule has 1 aromatic rings. The second-order valence-electron chi connectivity index (χ2n) is 4.56. The zero-order chi connectivity index (χ0) is 12.3. The largest absolute Gasteiger partial charge is 0.393 e. The lowest BCUT2D eigenvalue weighted by atomic mass is 9.93. The Morgan fingerprint density at radius 3 is 3.06 bits per heavy atom. The second-order valence-corrected chi connectivity index (χ2v) is 5.56. The van der Waals surface area contributed by atoms with Crippen LogP contribution in [0.25, 0.3) is 0 Å². The van der Waals surface area contributed by atoms with E-state index in [0.717, 1.165) is 37.1 Å². The average molecular weight is 254 g/mol. The van der Waals surface area contributed by atoms with Crippen LogP contribution in [-0.4, -0.2) is 23.2 Å². The van der Waals surface area contributed by atoms with Gasteiger partial charge < -0.3 is 16.2 Å². The number of hydrogen-bond donors (Lipinski definition) is 3. The Bertz CT molecular complexity index is 392. The molecule has 1 aliphatic rings. The van der Waals surface area contributed by atoms with Crippen molar-refractivity contribution in [1.82, 2.24) is 5.32 Å². The van der Waals surface area contributed by atoms with Crippen LogP contribution in [0.1, 0.15) is 40.9 Å². The molecular weight excluding hydrogens is 236 g/mol. The Morgan fingerprint density at radius 2 is 2.41 bits per heavy atom. The van der Waals surface area contributed by atoms with Crippen molar-refractivity contribution >= 4 is 17.2 Å². The number of aliphatic hydroxyl groups excluding tert-OH is 1. The number of amides is 1. The fourth-order valence-electron chi connectivity index (χ4n) is 2.20. The van der Waals surface area contributed by atoms with E-state index in [1.54, 1.807) is 16.7 Å². The molecular formula is C12H18N2O2S. The Kier molecular flexibility index (Phi) is 4.15. The van der Waals surface area contributed by atoms with E-state index < -0.39 is 0 Å². The Balaban J connectivity index is 1.82. The summed E-state index contributed by atoms with van der Waals surface area (Å²) in [4.78, 5) is 12.0. The molecule has 0 bridgehead atoms. The number of hydrogen-bond acceptors (Lipinski definition) is 4. The first-order chi connectivity index (χ1) is 8.15. The molecule has 1 aliphatic carbocycles. The normalized spacial score (nSPS) is 24.8. The van der Waals surface area contributed by atoms with E-state index >= 15 is 0 Å². The molecule has 4 nitrogen and oxygen atoms in total. The molecule has 0 aliphatic heterocycles. The highest BCUT2D eigenvalue weighted by atomic mass is 32.1. The van der Waals surface area contributed by atoms with Crippen molar-refractivity contribution in [3.05, 3.63) is 21.9 Å². The standard InChI is InChI=1S/C12H18N2O2S/c13-12(16)8-4-11(17-7-8)6-14-9-2-1-3-10(15)5-9/h4,7,9-10,14-15H,1-3,5-6H2,(H2,13,16). The summed E-state index contributed by atoms with van der Waals surface area (Å²) < 4.78 is 0. The highest BCUT2D eigenvalue weighted by Crippen LogP contribution is 2.20. The average Bonchev–Trinajstić information content (AvgIpc) is 2.75. The lowest BCUT2D eigenvalue weighted by Gasteiger charge is -2.26. The predicted molar refractivity (Wildman–Crippen MR) is 67.9 cm³/mol. The van der Waals surface area contributed by atoms with Crippen molar-refractivity contribution < 1.29 is 9.90 Å². The van der Waals surface area contributed by atoms with Gasteiger partial charge in [0.15, 0.2) is 0 Å². The number of carbonyl (C=O) groups is 1. The van der Waals surface area contributed by atoms with Gasteiger partial charge in [-0.2, -0.15) is 0 Å². The van der Waals surface area contributed by atoms with Gasteiger partial charge in [0.25, 0.3) is 0 Å². The summed E-state index contributed by atoms with van der Waals surface area (Å²) in [7, 11) is 0. The van der Waals surface area contributed by atoms with Crippen LogP contribution >= 0.6 is 11.3 Å². The van der Waals surface area contributed by atoms with Gasteiger partial charge in [0, 0.05) is 22.8 Å². The fourth-order valence-corrected chi connectivity index (χ4v) is 3.02. The minimum absolute atomic E-state index is 0.161. The van der Waals surface area contributed by atoms with Gasteiger partial charge in [0.05, 0.1) is 11.7 Å². The van der Waals surface area contributed by atoms with Gasteiger partial charge in [0.1, 0.15) is 0 Å². The molecule has 2 atom stereocenters. The summed E-state index contributed by atoms with van der Waals surface area (Å²) in [6.45, 7) is 0.745. The van der Waals surface area contributed by atoms with Crippen LogP contribution in [0.2, 0.25) is 0 Å². The summed E-state index contributed by atoms with van der Waals surface area (Å²) >= 11 is 1.54. The smallest absolute Gasteiger partial charge is 0.249 e. The molecule has 0 saturated heterocycles. The maximum absolute atomic E-state index is 10.9. The third-order valence-electron chi connectivity index (χ3n) is 3.15. The van der Waals surface area contributed by atoms with Crippen LogP contribution in [0.15, 0.2) is 11.4 Å². The van der Waals surface area contributed by atoms with E-state index in [-0.39, 0.29) is 12.0 Å². The first kappa shape index (κ1) is 12.5. The third kappa shape index (κ3) is 3.52. The van der Waals surface area contributed by atoms with Crippen molar-refractivity contribution in [3.63, 3.8) is 0 Å². The van der Waals surface area contributed by atoms with Gasteiger partial charge in [-0.25, -0.2) is 0 Å². The molecule has 17 heavy (non-hydrogen) atoms. The third-order valence-corrected chi connectivity index (χ3v) is 4.09. The van der Waals surface area contributed by atoms with Crippen molar-refractivity contribution in [2.75, 3.05) is 0 Å². The summed E-state index contributed by atoms with van der Waals surface area (Å²) in [5.41, 5.74) is 5.78. The van der Waals surface area contributed by atoms with Crippen LogP contribution in [0.5, 0.6) is 0 Å². The van der Waals surface area contributed by atoms with Gasteiger partial charge >= 0.3 is 0 Å². The molecule has 1 fully saturated rings. The van der Waals surface area contributed by atoms with Crippen LogP contribution < -0.4 is 11.1 Å². The molecule has 94 valence electrons. The molecule has 1 saturated carbocycles. The second kappa shape index (κ2) is 5.62. The van der Waals surface area contributed by atoms with E-state index in [2.05, 4.69) is 5.32 Å². The van der Waals surface area contributed by atoms with E-state index in [4.69, 9.17) is 5.73 Å². The Hall–Kier alpha value is -0.910. The SMILES string of the molecule is NC(=O)c1csc(CNC2CCCC(O)C2)c1. The molecule has 0 spiro atoms. The lowest BCUT2D eigenvalue weighted by Crippen LogP contribution is -2.35. The summed E-state index contributed by atoms with van der Waals surface area (Å²) in [5, 5.41) is 14.8. The van der Waals surface area contributed by atoms with Gasteiger partial charge in [-0.05, 0) is 31.7 Å². The highest BCUT2D eigenvalue weighted by molar-refractivity contribution is 7.10. The molecule has 1 amide bonds. The van der Waals surface area contributed by atoms with Gasteiger partial charge in [-0.15, -0.1) is 11.3 Å². The highest BCUT2D eigenvalue weighted by Gasteiger charge is 2.19. The molecule has 0 radical (unpaired) electrons. The van der Waals surface area contributed by atoms with Gasteiger partial charge in [-0.3, -0.25) is 4.79 Å². The Morgan fingerprint density at radius 1 is 1.59 bits per heavy atom. The van der Waals surface area contributed by atoms with E-state index in [9.17, 15) is 9.90 Å². The molecule has 0 aromatic carbocycles. The first-order valence-corrected chi connectivity index (χ1v) is 6.82. The van der Waals surface area contributed by atoms with Crippen molar-refractivity contribution in [2.45, 2.75) is 44.4 Å². The molecule has 2 unspecified atom stereocenters. The van der Waals surface area contributed by atoms with Crippen molar-refractivity contribution in [3.8, 4) is 0 Å². The zero-order valence-electron chi connectivity index (χ0n) is 9.69. The minimum Gasteiger partial charge on any atom is -0.393 e. The number of primary amides is 1. The predicted octanol–water partition coefficient (Wildman–Crippen LogP) is 1.24. The minimum atomic E-state index is -0.374. The maximum atomic E-state index is 10.9. The van der Waals surface area contributed by atoms with E-state index in [1.807, 2.05) is 6.07 Å². The summed E-state index contributed by atoms with van der Waals surface area (Å²) in [6, 6.07) is 2.22. The number of rotatable bonds is 4.